The van der Waals surface area contributed by atoms with E-state index in [0.29, 0.717) is 6.07 Å². The van der Waals surface area contributed by atoms with Crippen molar-refractivity contribution in [2.75, 3.05) is 18.5 Å². The summed E-state index contributed by atoms with van der Waals surface area (Å²) in [7, 11) is 0. The van der Waals surface area contributed by atoms with Gasteiger partial charge in [0, 0.05) is 12.6 Å². The van der Waals surface area contributed by atoms with Crippen LogP contribution in [0.15, 0.2) is 18.2 Å². The zero-order chi connectivity index (χ0) is 15.3. The van der Waals surface area contributed by atoms with Crippen molar-refractivity contribution in [1.29, 1.82) is 0 Å². The van der Waals surface area contributed by atoms with E-state index in [2.05, 4.69) is 10.1 Å². The highest BCUT2D eigenvalue weighted by molar-refractivity contribution is 5.56. The van der Waals surface area contributed by atoms with Gasteiger partial charge in [-0.05, 0) is 12.1 Å². The molecule has 1 aromatic carbocycles. The first-order valence-corrected chi connectivity index (χ1v) is 5.43. The first-order valence-electron chi connectivity index (χ1n) is 5.43. The molecular weight excluding hydrogens is 289 g/mol. The van der Waals surface area contributed by atoms with E-state index in [1.165, 1.54) is 0 Å². The number of aliphatic hydroxyl groups excluding tert-OH is 2. The number of halogens is 5. The maximum absolute atomic E-state index is 12.7. The largest absolute Gasteiger partial charge is 0.435 e. The molecule has 0 saturated carbocycles. The van der Waals surface area contributed by atoms with Crippen molar-refractivity contribution in [3.63, 3.8) is 0 Å². The monoisotopic (exact) mass is 301 g/mol. The lowest BCUT2D eigenvalue weighted by molar-refractivity contribution is -0.137. The number of nitrogens with one attached hydrogen (secondary N) is 1. The van der Waals surface area contributed by atoms with Crippen molar-refractivity contribution in [2.45, 2.75) is 18.9 Å². The molecule has 1 rings (SSSR count). The zero-order valence-corrected chi connectivity index (χ0v) is 9.99. The van der Waals surface area contributed by atoms with E-state index >= 15 is 0 Å². The molecule has 1 aromatic rings. The molecular formula is C11H12F5NO3. The van der Waals surface area contributed by atoms with Crippen molar-refractivity contribution in [3.8, 4) is 5.75 Å². The fourth-order valence-corrected chi connectivity index (χ4v) is 1.39. The summed E-state index contributed by atoms with van der Waals surface area (Å²) in [5.74, 6) is -0.450. The highest BCUT2D eigenvalue weighted by atomic mass is 19.4. The Kier molecular flexibility index (Phi) is 5.52. The maximum atomic E-state index is 12.7. The summed E-state index contributed by atoms with van der Waals surface area (Å²) >= 11 is 0. The lowest BCUT2D eigenvalue weighted by atomic mass is 10.1. The average molecular weight is 301 g/mol. The summed E-state index contributed by atoms with van der Waals surface area (Å²) in [5, 5.41) is 19.9. The standard InChI is InChI=1S/C11H12F5NO3/c12-10(13)20-7-1-2-8(11(14,15)16)9(3-7)17-4-6(19)5-18/h1-3,6,10,17-19H,4-5H2. The van der Waals surface area contributed by atoms with Gasteiger partial charge in [0.15, 0.2) is 0 Å². The quantitative estimate of drug-likeness (QED) is 0.704. The summed E-state index contributed by atoms with van der Waals surface area (Å²) in [6.45, 7) is -4.19. The van der Waals surface area contributed by atoms with Crippen LogP contribution >= 0.6 is 0 Å². The second-order valence-corrected chi connectivity index (χ2v) is 3.80. The molecule has 0 aliphatic rings. The van der Waals surface area contributed by atoms with Crippen molar-refractivity contribution in [3.05, 3.63) is 23.8 Å². The molecule has 0 aliphatic carbocycles. The second-order valence-electron chi connectivity index (χ2n) is 3.80. The van der Waals surface area contributed by atoms with Gasteiger partial charge >= 0.3 is 12.8 Å². The van der Waals surface area contributed by atoms with Gasteiger partial charge in [0.1, 0.15) is 5.75 Å². The summed E-state index contributed by atoms with van der Waals surface area (Å²) in [6, 6.07) is 2.10. The Balaban J connectivity index is 3.00. The van der Waals surface area contributed by atoms with E-state index in [1.807, 2.05) is 0 Å². The van der Waals surface area contributed by atoms with Crippen LogP contribution in [0.4, 0.5) is 27.6 Å². The third kappa shape index (κ3) is 4.82. The molecule has 114 valence electrons. The highest BCUT2D eigenvalue weighted by Gasteiger charge is 2.33. The first-order chi connectivity index (χ1) is 9.24. The van der Waals surface area contributed by atoms with Crippen LogP contribution in [-0.2, 0) is 6.18 Å². The van der Waals surface area contributed by atoms with Crippen LogP contribution in [0.25, 0.3) is 0 Å². The van der Waals surface area contributed by atoms with Gasteiger partial charge in [-0.3, -0.25) is 0 Å². The van der Waals surface area contributed by atoms with Crippen LogP contribution in [0.3, 0.4) is 0 Å². The third-order valence-corrected chi connectivity index (χ3v) is 2.26. The van der Waals surface area contributed by atoms with Crippen molar-refractivity contribution in [2.24, 2.45) is 0 Å². The smallest absolute Gasteiger partial charge is 0.418 e. The molecule has 0 amide bonds. The van der Waals surface area contributed by atoms with Crippen molar-refractivity contribution < 1.29 is 36.9 Å². The molecule has 3 N–H and O–H groups in total. The van der Waals surface area contributed by atoms with Gasteiger partial charge in [0.2, 0.25) is 0 Å². The minimum Gasteiger partial charge on any atom is -0.435 e. The van der Waals surface area contributed by atoms with E-state index in [4.69, 9.17) is 10.2 Å². The molecule has 20 heavy (non-hydrogen) atoms. The van der Waals surface area contributed by atoms with Gasteiger partial charge in [-0.1, -0.05) is 0 Å². The van der Waals surface area contributed by atoms with Crippen LogP contribution in [0.2, 0.25) is 0 Å². The lowest BCUT2D eigenvalue weighted by Gasteiger charge is -2.17. The highest BCUT2D eigenvalue weighted by Crippen LogP contribution is 2.37. The van der Waals surface area contributed by atoms with Gasteiger partial charge in [0.05, 0.1) is 24.0 Å². The Morgan fingerprint density at radius 3 is 2.40 bits per heavy atom. The Hall–Kier alpha value is -1.61. The Morgan fingerprint density at radius 2 is 1.90 bits per heavy atom. The van der Waals surface area contributed by atoms with Crippen molar-refractivity contribution in [1.82, 2.24) is 0 Å². The molecule has 0 fully saturated rings. The number of rotatable bonds is 6. The topological polar surface area (TPSA) is 61.7 Å². The van der Waals surface area contributed by atoms with Crippen molar-refractivity contribution >= 4 is 5.69 Å². The third-order valence-electron chi connectivity index (χ3n) is 2.26. The number of hydrogen-bond donors (Lipinski definition) is 3. The molecule has 1 unspecified atom stereocenters. The second kappa shape index (κ2) is 6.71. The summed E-state index contributed by atoms with van der Waals surface area (Å²) < 4.78 is 66.2. The van der Waals surface area contributed by atoms with Crippen LogP contribution in [-0.4, -0.2) is 36.1 Å². The summed E-state index contributed by atoms with van der Waals surface area (Å²) in [5.41, 5.74) is -1.62. The van der Waals surface area contributed by atoms with Gasteiger partial charge in [-0.15, -0.1) is 0 Å². The first kappa shape index (κ1) is 16.4. The average Bonchev–Trinajstić information content (AvgIpc) is 2.33. The molecule has 0 aliphatic heterocycles. The number of hydrogen-bond acceptors (Lipinski definition) is 4. The van der Waals surface area contributed by atoms with E-state index in [9.17, 15) is 22.0 Å². The number of ether oxygens (including phenoxy) is 1. The Labute approximate surface area is 110 Å². The molecule has 0 aromatic heterocycles. The van der Waals surface area contributed by atoms with Gasteiger partial charge in [-0.25, -0.2) is 0 Å². The van der Waals surface area contributed by atoms with E-state index < -0.39 is 42.5 Å². The predicted molar refractivity (Wildman–Crippen MR) is 59.7 cm³/mol. The molecule has 1 atom stereocenters. The zero-order valence-electron chi connectivity index (χ0n) is 9.99. The van der Waals surface area contributed by atoms with Gasteiger partial charge in [-0.2, -0.15) is 22.0 Å². The number of benzene rings is 1. The molecule has 0 saturated heterocycles. The van der Waals surface area contributed by atoms with Gasteiger partial charge < -0.3 is 20.3 Å². The van der Waals surface area contributed by atoms with Crippen LogP contribution in [0, 0.1) is 0 Å². The Morgan fingerprint density at radius 1 is 1.25 bits per heavy atom. The fraction of sp³-hybridized carbons (Fsp3) is 0.455. The predicted octanol–water partition coefficient (Wildman–Crippen LogP) is 2.07. The molecule has 0 spiro atoms. The molecule has 9 heteroatoms. The number of aliphatic hydroxyl groups is 2. The SMILES string of the molecule is OCC(O)CNc1cc(OC(F)F)ccc1C(F)(F)F. The molecule has 0 heterocycles. The molecule has 4 nitrogen and oxygen atoms in total. The fourth-order valence-electron chi connectivity index (χ4n) is 1.39. The van der Waals surface area contributed by atoms with E-state index in [-0.39, 0.29) is 6.54 Å². The number of anilines is 1. The number of alkyl halides is 5. The minimum atomic E-state index is -4.70. The Bertz CT molecular complexity index is 439. The van der Waals surface area contributed by atoms with Crippen LogP contribution in [0.1, 0.15) is 5.56 Å². The molecule has 0 bridgehead atoms. The maximum Gasteiger partial charge on any atom is 0.418 e. The lowest BCUT2D eigenvalue weighted by Crippen LogP contribution is -2.24. The summed E-state index contributed by atoms with van der Waals surface area (Å²) in [4.78, 5) is 0. The van der Waals surface area contributed by atoms with Gasteiger partial charge in [0.25, 0.3) is 0 Å². The molecule has 0 radical (unpaired) electrons. The summed E-state index contributed by atoms with van der Waals surface area (Å²) in [6.07, 6.45) is -5.98. The van der Waals surface area contributed by atoms with Crippen LogP contribution < -0.4 is 10.1 Å². The normalized spacial score (nSPS) is 13.4. The van der Waals surface area contributed by atoms with E-state index in [1.54, 1.807) is 0 Å². The minimum absolute atomic E-state index is 0.377. The van der Waals surface area contributed by atoms with E-state index in [0.717, 1.165) is 12.1 Å². The van der Waals surface area contributed by atoms with Crippen LogP contribution in [0.5, 0.6) is 5.75 Å².